The molecule has 2 fully saturated rings. The Labute approximate surface area is 186 Å². The van der Waals surface area contributed by atoms with E-state index in [4.69, 9.17) is 5.11 Å². The summed E-state index contributed by atoms with van der Waals surface area (Å²) >= 11 is 0. The lowest BCUT2D eigenvalue weighted by Crippen LogP contribution is -2.49. The average molecular weight is 424 g/mol. The molecule has 4 aliphatic carbocycles. The molecule has 168 valence electrons. The first-order valence-electron chi connectivity index (χ1n) is 12.0. The Balaban J connectivity index is 0.000000418. The van der Waals surface area contributed by atoms with Gasteiger partial charge in [0.2, 0.25) is 0 Å². The number of carboxylic acids is 1. The third-order valence-electron chi connectivity index (χ3n) is 8.93. The second-order valence-electron chi connectivity index (χ2n) is 10.5. The quantitative estimate of drug-likeness (QED) is 0.583. The topological polar surface area (TPSA) is 70.4 Å². The first kappa shape index (κ1) is 22.3. The minimum atomic E-state index is -0.745. The van der Waals surface area contributed by atoms with E-state index >= 15 is 0 Å². The average Bonchev–Trinajstić information content (AvgIpc) is 3.12. The van der Waals surface area contributed by atoms with Gasteiger partial charge in [-0.05, 0) is 90.7 Å². The summed E-state index contributed by atoms with van der Waals surface area (Å²) in [5, 5.41) is 17.9. The molecule has 0 aromatic carbocycles. The fraction of sp³-hybridized carbons (Fsp3) is 0.630. The van der Waals surface area contributed by atoms with E-state index in [1.165, 1.54) is 37.7 Å². The second kappa shape index (κ2) is 8.54. The lowest BCUT2D eigenvalue weighted by atomic mass is 9.47. The third-order valence-corrected chi connectivity index (χ3v) is 8.93. The van der Waals surface area contributed by atoms with Crippen LogP contribution in [0.25, 0.3) is 5.57 Å². The Bertz CT molecular complexity index is 876. The maximum absolute atomic E-state index is 10.2. The largest absolute Gasteiger partial charge is 0.481 e. The summed E-state index contributed by atoms with van der Waals surface area (Å²) in [5.74, 6) is 1.61. The summed E-state index contributed by atoms with van der Waals surface area (Å²) in [7, 11) is 0. The van der Waals surface area contributed by atoms with Crippen molar-refractivity contribution in [2.24, 2.45) is 28.6 Å². The van der Waals surface area contributed by atoms with Crippen LogP contribution in [0.15, 0.2) is 42.3 Å². The zero-order valence-corrected chi connectivity index (χ0v) is 19.2. The maximum atomic E-state index is 10.2. The monoisotopic (exact) mass is 423 g/mol. The van der Waals surface area contributed by atoms with Crippen LogP contribution in [-0.4, -0.2) is 27.3 Å². The fourth-order valence-corrected chi connectivity index (χ4v) is 7.18. The molecule has 6 atom stereocenters. The predicted octanol–water partition coefficient (Wildman–Crippen LogP) is 5.88. The third kappa shape index (κ3) is 3.88. The zero-order valence-electron chi connectivity index (χ0n) is 19.2. The highest BCUT2D eigenvalue weighted by atomic mass is 16.4. The fourth-order valence-electron chi connectivity index (χ4n) is 7.18. The first-order valence-corrected chi connectivity index (χ1v) is 12.0. The Morgan fingerprint density at radius 1 is 1.13 bits per heavy atom. The minimum Gasteiger partial charge on any atom is -0.481 e. The summed E-state index contributed by atoms with van der Waals surface area (Å²) in [4.78, 5) is 13.7. The van der Waals surface area contributed by atoms with Gasteiger partial charge in [-0.1, -0.05) is 44.6 Å². The zero-order chi connectivity index (χ0) is 22.2. The van der Waals surface area contributed by atoms with Crippen molar-refractivity contribution in [1.82, 2.24) is 4.98 Å². The van der Waals surface area contributed by atoms with Gasteiger partial charge in [0.1, 0.15) is 0 Å². The number of pyridine rings is 1. The molecular formula is C27H37NO3. The first-order chi connectivity index (χ1) is 14.8. The highest BCUT2D eigenvalue weighted by Crippen LogP contribution is 2.66. The van der Waals surface area contributed by atoms with Gasteiger partial charge in [-0.3, -0.25) is 9.78 Å². The Kier molecular flexibility index (Phi) is 6.13. The molecule has 4 aliphatic rings. The number of aliphatic carboxylic acids is 1. The molecule has 0 amide bonds. The van der Waals surface area contributed by atoms with E-state index in [1.807, 2.05) is 12.4 Å². The van der Waals surface area contributed by atoms with Crippen LogP contribution in [0.3, 0.4) is 0 Å². The van der Waals surface area contributed by atoms with Crippen molar-refractivity contribution in [3.8, 4) is 0 Å². The van der Waals surface area contributed by atoms with Crippen LogP contribution in [-0.2, 0) is 4.79 Å². The normalized spacial score (nSPS) is 38.5. The van der Waals surface area contributed by atoms with E-state index in [1.54, 1.807) is 18.1 Å². The molecule has 31 heavy (non-hydrogen) atoms. The van der Waals surface area contributed by atoms with Crippen LogP contribution in [0, 0.1) is 28.6 Å². The van der Waals surface area contributed by atoms with Gasteiger partial charge >= 0.3 is 5.97 Å². The van der Waals surface area contributed by atoms with Crippen molar-refractivity contribution in [3.05, 3.63) is 47.8 Å². The van der Waals surface area contributed by atoms with Gasteiger partial charge in [0.25, 0.3) is 0 Å². The maximum Gasteiger partial charge on any atom is 0.303 e. The molecule has 1 aromatic rings. The number of hydrogen-bond acceptors (Lipinski definition) is 3. The molecule has 0 radical (unpaired) electrons. The molecule has 4 nitrogen and oxygen atoms in total. The van der Waals surface area contributed by atoms with E-state index in [-0.39, 0.29) is 12.5 Å². The predicted molar refractivity (Wildman–Crippen MR) is 123 cm³/mol. The van der Waals surface area contributed by atoms with Crippen molar-refractivity contribution < 1.29 is 15.0 Å². The summed E-state index contributed by atoms with van der Waals surface area (Å²) in [6.45, 7) is 6.63. The van der Waals surface area contributed by atoms with Crippen LogP contribution in [0.2, 0.25) is 0 Å². The van der Waals surface area contributed by atoms with Gasteiger partial charge in [-0.2, -0.15) is 0 Å². The molecule has 5 rings (SSSR count). The van der Waals surface area contributed by atoms with E-state index in [0.717, 1.165) is 30.6 Å². The number of carboxylic acid groups (broad SMARTS) is 1. The van der Waals surface area contributed by atoms with Gasteiger partial charge in [0.05, 0.1) is 6.10 Å². The number of nitrogens with zero attached hydrogens (tertiary/aromatic N) is 1. The highest BCUT2D eigenvalue weighted by Gasteiger charge is 2.56. The summed E-state index contributed by atoms with van der Waals surface area (Å²) in [5.41, 5.74) is 5.09. The van der Waals surface area contributed by atoms with E-state index in [2.05, 4.69) is 43.1 Å². The van der Waals surface area contributed by atoms with Crippen molar-refractivity contribution in [1.29, 1.82) is 0 Å². The Hall–Kier alpha value is -1.94. The SMILES string of the molecule is CCC(=O)O.C[C@]12CC[C@H](O)CC1=CC[C@@H]1[C@@H]2CC[C@]2(C)C(c3cccnc3)=CC[C@@H]12. The molecule has 0 spiro atoms. The summed E-state index contributed by atoms with van der Waals surface area (Å²) in [6.07, 6.45) is 17.2. The molecule has 0 saturated heterocycles. The number of aliphatic hydroxyl groups excluding tert-OH is 1. The van der Waals surface area contributed by atoms with Crippen LogP contribution in [0.4, 0.5) is 0 Å². The van der Waals surface area contributed by atoms with Crippen molar-refractivity contribution >= 4 is 11.5 Å². The van der Waals surface area contributed by atoms with Crippen LogP contribution in [0.5, 0.6) is 0 Å². The van der Waals surface area contributed by atoms with E-state index < -0.39 is 5.97 Å². The van der Waals surface area contributed by atoms with Crippen LogP contribution < -0.4 is 0 Å². The van der Waals surface area contributed by atoms with Crippen molar-refractivity contribution in [3.63, 3.8) is 0 Å². The van der Waals surface area contributed by atoms with Gasteiger partial charge in [-0.25, -0.2) is 0 Å². The summed E-state index contributed by atoms with van der Waals surface area (Å²) < 4.78 is 0. The van der Waals surface area contributed by atoms with Crippen LogP contribution >= 0.6 is 0 Å². The van der Waals surface area contributed by atoms with Gasteiger partial charge in [0.15, 0.2) is 0 Å². The van der Waals surface area contributed by atoms with E-state index in [9.17, 15) is 9.90 Å². The lowest BCUT2D eigenvalue weighted by Gasteiger charge is -2.57. The number of hydrogen-bond donors (Lipinski definition) is 2. The van der Waals surface area contributed by atoms with Gasteiger partial charge in [0, 0.05) is 18.8 Å². The molecule has 2 N–H and O–H groups in total. The molecule has 1 aromatic heterocycles. The molecule has 0 aliphatic heterocycles. The minimum absolute atomic E-state index is 0.106. The number of rotatable bonds is 2. The number of fused-ring (bicyclic) bond motifs is 5. The summed E-state index contributed by atoms with van der Waals surface area (Å²) in [6, 6.07) is 4.31. The molecule has 0 bridgehead atoms. The van der Waals surface area contributed by atoms with Crippen molar-refractivity contribution in [2.45, 2.75) is 78.2 Å². The van der Waals surface area contributed by atoms with Gasteiger partial charge in [-0.15, -0.1) is 0 Å². The number of aliphatic hydroxyl groups is 1. The molecule has 0 unspecified atom stereocenters. The number of aromatic nitrogens is 1. The molecule has 4 heteroatoms. The molecular weight excluding hydrogens is 386 g/mol. The van der Waals surface area contributed by atoms with Crippen LogP contribution in [0.1, 0.15) is 77.7 Å². The van der Waals surface area contributed by atoms with Gasteiger partial charge < -0.3 is 10.2 Å². The highest BCUT2D eigenvalue weighted by molar-refractivity contribution is 5.72. The number of allylic oxidation sites excluding steroid dienone is 3. The van der Waals surface area contributed by atoms with E-state index in [0.29, 0.717) is 10.8 Å². The lowest BCUT2D eigenvalue weighted by molar-refractivity contribution is -0.136. The second-order valence-corrected chi connectivity index (χ2v) is 10.5. The van der Waals surface area contributed by atoms with Crippen molar-refractivity contribution in [2.75, 3.05) is 0 Å². The Morgan fingerprint density at radius 2 is 1.87 bits per heavy atom. The number of carbonyl (C=O) groups is 1. The standard InChI is InChI=1S/C24H31NO.C3H6O2/c1-23-11-9-18(26)14-17(23)5-6-19-21-8-7-20(16-4-3-13-25-15-16)24(21,2)12-10-22(19)23;1-2-3(4)5/h3-5,7,13,15,18-19,21-22,26H,6,8-12,14H2,1-2H3;2H2,1H3,(H,4,5)/t18-,19-,21-,22-,23-,24+;/m0./s1. The molecule has 1 heterocycles. The Morgan fingerprint density at radius 3 is 2.55 bits per heavy atom. The molecule has 2 saturated carbocycles. The smallest absolute Gasteiger partial charge is 0.303 e.